The number of piperidine rings is 1. The van der Waals surface area contributed by atoms with Crippen molar-refractivity contribution in [3.63, 3.8) is 0 Å². The molecule has 4 nitrogen and oxygen atoms in total. The number of ether oxygens (including phenoxy) is 2. The molecule has 1 atom stereocenters. The van der Waals surface area contributed by atoms with Crippen molar-refractivity contribution < 1.29 is 14.3 Å². The van der Waals surface area contributed by atoms with Gasteiger partial charge in [-0.3, -0.25) is 0 Å². The molecule has 0 spiro atoms. The third kappa shape index (κ3) is 2.74. The Hall–Kier alpha value is -1.07. The number of hydrogen-bond acceptors (Lipinski definition) is 5. The van der Waals surface area contributed by atoms with E-state index in [2.05, 4.69) is 10.1 Å². The lowest BCUT2D eigenvalue weighted by atomic mass is 10.1. The number of methoxy groups -OCH3 is 1. The SMILES string of the molecule is COC(=O)c1csc(OC2CCCNC2)c1. The Bertz CT molecular complexity index is 358. The summed E-state index contributed by atoms with van der Waals surface area (Å²) in [6.07, 6.45) is 2.43. The van der Waals surface area contributed by atoms with Crippen LogP contribution in [0.5, 0.6) is 5.06 Å². The molecule has 5 heteroatoms. The quantitative estimate of drug-likeness (QED) is 0.818. The highest BCUT2D eigenvalue weighted by atomic mass is 32.1. The van der Waals surface area contributed by atoms with Gasteiger partial charge in [-0.05, 0) is 19.4 Å². The summed E-state index contributed by atoms with van der Waals surface area (Å²) in [6, 6.07) is 1.74. The van der Waals surface area contributed by atoms with Gasteiger partial charge in [-0.2, -0.15) is 0 Å². The van der Waals surface area contributed by atoms with Crippen LogP contribution >= 0.6 is 11.3 Å². The predicted molar refractivity (Wildman–Crippen MR) is 62.2 cm³/mol. The van der Waals surface area contributed by atoms with E-state index in [0.717, 1.165) is 31.0 Å². The van der Waals surface area contributed by atoms with Crippen molar-refractivity contribution >= 4 is 17.3 Å². The first kappa shape index (κ1) is 11.4. The fraction of sp³-hybridized carbons (Fsp3) is 0.545. The Labute approximate surface area is 98.6 Å². The van der Waals surface area contributed by atoms with Gasteiger partial charge >= 0.3 is 5.97 Å². The Morgan fingerprint density at radius 1 is 1.62 bits per heavy atom. The lowest BCUT2D eigenvalue weighted by Crippen LogP contribution is -2.36. The molecule has 0 aliphatic carbocycles. The van der Waals surface area contributed by atoms with Crippen LogP contribution in [-0.4, -0.2) is 32.3 Å². The van der Waals surface area contributed by atoms with Crippen LogP contribution in [0.25, 0.3) is 0 Å². The molecule has 2 rings (SSSR count). The Kier molecular flexibility index (Phi) is 3.79. The minimum atomic E-state index is -0.312. The normalized spacial score (nSPS) is 20.4. The highest BCUT2D eigenvalue weighted by Crippen LogP contribution is 2.25. The van der Waals surface area contributed by atoms with E-state index in [1.54, 1.807) is 11.4 Å². The summed E-state index contributed by atoms with van der Waals surface area (Å²) in [5.74, 6) is -0.312. The van der Waals surface area contributed by atoms with Crippen LogP contribution in [-0.2, 0) is 4.74 Å². The molecule has 1 saturated heterocycles. The number of carbonyl (C=O) groups is 1. The van der Waals surface area contributed by atoms with Crippen LogP contribution in [0.4, 0.5) is 0 Å². The van der Waals surface area contributed by atoms with E-state index in [-0.39, 0.29) is 12.1 Å². The summed E-state index contributed by atoms with van der Waals surface area (Å²) in [6.45, 7) is 1.95. The highest BCUT2D eigenvalue weighted by Gasteiger charge is 2.16. The van der Waals surface area contributed by atoms with E-state index in [1.807, 2.05) is 0 Å². The molecule has 1 aromatic rings. The van der Waals surface area contributed by atoms with Gasteiger partial charge < -0.3 is 14.8 Å². The van der Waals surface area contributed by atoms with Gasteiger partial charge in [0.2, 0.25) is 0 Å². The lowest BCUT2D eigenvalue weighted by Gasteiger charge is -2.22. The van der Waals surface area contributed by atoms with Gasteiger partial charge in [-0.1, -0.05) is 0 Å². The fourth-order valence-corrected chi connectivity index (χ4v) is 2.48. The molecule has 1 unspecified atom stereocenters. The van der Waals surface area contributed by atoms with Crippen LogP contribution in [0.15, 0.2) is 11.4 Å². The maximum absolute atomic E-state index is 11.2. The number of carbonyl (C=O) groups excluding carboxylic acids is 1. The molecule has 1 aliphatic heterocycles. The maximum atomic E-state index is 11.2. The molecule has 16 heavy (non-hydrogen) atoms. The van der Waals surface area contributed by atoms with Crippen molar-refractivity contribution in [3.8, 4) is 5.06 Å². The van der Waals surface area contributed by atoms with E-state index in [9.17, 15) is 4.79 Å². The van der Waals surface area contributed by atoms with E-state index in [0.29, 0.717) is 5.56 Å². The number of rotatable bonds is 3. The second-order valence-electron chi connectivity index (χ2n) is 3.73. The van der Waals surface area contributed by atoms with Crippen molar-refractivity contribution in [2.75, 3.05) is 20.2 Å². The van der Waals surface area contributed by atoms with Crippen LogP contribution < -0.4 is 10.1 Å². The standard InChI is InChI=1S/C11H15NO3S/c1-14-11(13)8-5-10(16-7-8)15-9-3-2-4-12-6-9/h5,7,9,12H,2-4,6H2,1H3. The van der Waals surface area contributed by atoms with E-state index >= 15 is 0 Å². The van der Waals surface area contributed by atoms with Crippen LogP contribution in [0.1, 0.15) is 23.2 Å². The van der Waals surface area contributed by atoms with E-state index < -0.39 is 0 Å². The van der Waals surface area contributed by atoms with Crippen molar-refractivity contribution in [2.24, 2.45) is 0 Å². The van der Waals surface area contributed by atoms with Crippen molar-refractivity contribution in [1.29, 1.82) is 0 Å². The molecule has 0 amide bonds. The van der Waals surface area contributed by atoms with Crippen LogP contribution in [0.3, 0.4) is 0 Å². The smallest absolute Gasteiger partial charge is 0.338 e. The topological polar surface area (TPSA) is 47.6 Å². The van der Waals surface area contributed by atoms with Crippen molar-refractivity contribution in [2.45, 2.75) is 18.9 Å². The first-order valence-electron chi connectivity index (χ1n) is 5.34. The molecule has 0 aromatic carbocycles. The average molecular weight is 241 g/mol. The summed E-state index contributed by atoms with van der Waals surface area (Å²) in [4.78, 5) is 11.2. The number of thiophene rings is 1. The lowest BCUT2D eigenvalue weighted by molar-refractivity contribution is 0.0600. The van der Waals surface area contributed by atoms with Gasteiger partial charge in [-0.15, -0.1) is 11.3 Å². The van der Waals surface area contributed by atoms with Gasteiger partial charge in [0.25, 0.3) is 0 Å². The zero-order valence-corrected chi connectivity index (χ0v) is 10.0. The fourth-order valence-electron chi connectivity index (χ4n) is 1.69. The Morgan fingerprint density at radius 2 is 2.50 bits per heavy atom. The molecule has 1 aliphatic rings. The monoisotopic (exact) mass is 241 g/mol. The molecule has 0 radical (unpaired) electrons. The zero-order valence-electron chi connectivity index (χ0n) is 9.19. The van der Waals surface area contributed by atoms with E-state index in [4.69, 9.17) is 4.74 Å². The first-order valence-corrected chi connectivity index (χ1v) is 6.22. The summed E-state index contributed by atoms with van der Waals surface area (Å²) in [7, 11) is 1.38. The second kappa shape index (κ2) is 5.32. The van der Waals surface area contributed by atoms with Gasteiger partial charge in [-0.25, -0.2) is 4.79 Å². The van der Waals surface area contributed by atoms with Crippen molar-refractivity contribution in [1.82, 2.24) is 5.32 Å². The molecular formula is C11H15NO3S. The summed E-state index contributed by atoms with van der Waals surface area (Å²) in [5.41, 5.74) is 0.561. The largest absolute Gasteiger partial charge is 0.480 e. The number of nitrogens with one attached hydrogen (secondary N) is 1. The summed E-state index contributed by atoms with van der Waals surface area (Å²) in [5, 5.41) is 5.83. The third-order valence-corrected chi connectivity index (χ3v) is 3.35. The van der Waals surface area contributed by atoms with Crippen LogP contribution in [0, 0.1) is 0 Å². The van der Waals surface area contributed by atoms with Gasteiger partial charge in [0.05, 0.1) is 12.7 Å². The molecule has 1 fully saturated rings. The molecule has 2 heterocycles. The summed E-state index contributed by atoms with van der Waals surface area (Å²) >= 11 is 1.44. The molecule has 88 valence electrons. The number of hydrogen-bond donors (Lipinski definition) is 1. The second-order valence-corrected chi connectivity index (χ2v) is 4.61. The van der Waals surface area contributed by atoms with Gasteiger partial charge in [0.15, 0.2) is 5.06 Å². The average Bonchev–Trinajstić information content (AvgIpc) is 2.78. The zero-order chi connectivity index (χ0) is 11.4. The Morgan fingerprint density at radius 3 is 3.19 bits per heavy atom. The highest BCUT2D eigenvalue weighted by molar-refractivity contribution is 7.12. The van der Waals surface area contributed by atoms with E-state index in [1.165, 1.54) is 18.4 Å². The molecule has 0 saturated carbocycles. The van der Waals surface area contributed by atoms with Crippen molar-refractivity contribution in [3.05, 3.63) is 17.0 Å². The molecule has 1 aromatic heterocycles. The molecule has 0 bridgehead atoms. The minimum Gasteiger partial charge on any atom is -0.480 e. The number of esters is 1. The minimum absolute atomic E-state index is 0.220. The van der Waals surface area contributed by atoms with Gasteiger partial charge in [0.1, 0.15) is 6.10 Å². The molecular weight excluding hydrogens is 226 g/mol. The third-order valence-electron chi connectivity index (χ3n) is 2.53. The van der Waals surface area contributed by atoms with Gasteiger partial charge in [0, 0.05) is 18.0 Å². The summed E-state index contributed by atoms with van der Waals surface area (Å²) < 4.78 is 10.4. The first-order chi connectivity index (χ1) is 7.79. The molecule has 1 N–H and O–H groups in total. The Balaban J connectivity index is 1.94. The maximum Gasteiger partial charge on any atom is 0.338 e. The van der Waals surface area contributed by atoms with Crippen LogP contribution in [0.2, 0.25) is 0 Å². The predicted octanol–water partition coefficient (Wildman–Crippen LogP) is 1.67.